The van der Waals surface area contributed by atoms with Crippen molar-refractivity contribution in [1.82, 2.24) is 16.0 Å². The van der Waals surface area contributed by atoms with Crippen LogP contribution in [0.2, 0.25) is 0 Å². The van der Waals surface area contributed by atoms with Crippen LogP contribution >= 0.6 is 0 Å². The Hall–Kier alpha value is -2.24. The van der Waals surface area contributed by atoms with Gasteiger partial charge in [0.1, 0.15) is 18.1 Å². The van der Waals surface area contributed by atoms with Crippen molar-refractivity contribution in [2.75, 3.05) is 13.2 Å². The van der Waals surface area contributed by atoms with E-state index in [2.05, 4.69) is 10.6 Å². The molecular formula is C18H34N4O7. The van der Waals surface area contributed by atoms with Crippen molar-refractivity contribution in [2.45, 2.75) is 64.7 Å². The van der Waals surface area contributed by atoms with Gasteiger partial charge in [-0.25, -0.2) is 4.79 Å². The van der Waals surface area contributed by atoms with E-state index in [0.29, 0.717) is 12.8 Å². The SMILES string of the molecule is CCC(C)C(N)C(=O)NC(C(=O)NC(CO)C(=O)NC(CO)C(=O)O)C(C)CC. The summed E-state index contributed by atoms with van der Waals surface area (Å²) in [5, 5.41) is 34.2. The van der Waals surface area contributed by atoms with Crippen molar-refractivity contribution in [3.63, 3.8) is 0 Å². The number of nitrogens with one attached hydrogen (secondary N) is 3. The monoisotopic (exact) mass is 418 g/mol. The Morgan fingerprint density at radius 2 is 1.28 bits per heavy atom. The maximum absolute atomic E-state index is 12.7. The lowest BCUT2D eigenvalue weighted by Gasteiger charge is -2.28. The van der Waals surface area contributed by atoms with Crippen LogP contribution in [0.5, 0.6) is 0 Å². The smallest absolute Gasteiger partial charge is 0.328 e. The number of carbonyl (C=O) groups excluding carboxylic acids is 3. The number of amides is 3. The molecule has 0 radical (unpaired) electrons. The van der Waals surface area contributed by atoms with Crippen molar-refractivity contribution in [3.8, 4) is 0 Å². The first kappa shape index (κ1) is 26.8. The van der Waals surface area contributed by atoms with E-state index < -0.39 is 61.1 Å². The summed E-state index contributed by atoms with van der Waals surface area (Å²) in [7, 11) is 0. The van der Waals surface area contributed by atoms with E-state index in [1.165, 1.54) is 0 Å². The fourth-order valence-corrected chi connectivity index (χ4v) is 2.38. The summed E-state index contributed by atoms with van der Waals surface area (Å²) >= 11 is 0. The summed E-state index contributed by atoms with van der Waals surface area (Å²) in [5.41, 5.74) is 5.91. The molecule has 0 fully saturated rings. The average molecular weight is 418 g/mol. The number of aliphatic hydroxyl groups excluding tert-OH is 2. The maximum Gasteiger partial charge on any atom is 0.328 e. The molecule has 0 spiro atoms. The van der Waals surface area contributed by atoms with Gasteiger partial charge in [0.05, 0.1) is 19.3 Å². The van der Waals surface area contributed by atoms with Gasteiger partial charge in [-0.1, -0.05) is 40.5 Å². The highest BCUT2D eigenvalue weighted by Gasteiger charge is 2.32. The van der Waals surface area contributed by atoms with Crippen molar-refractivity contribution < 1.29 is 34.5 Å². The predicted molar refractivity (Wildman–Crippen MR) is 104 cm³/mol. The summed E-state index contributed by atoms with van der Waals surface area (Å²) in [5.74, 6) is -4.06. The number of aliphatic carboxylic acids is 1. The van der Waals surface area contributed by atoms with E-state index in [1.54, 1.807) is 6.92 Å². The molecular weight excluding hydrogens is 384 g/mol. The number of rotatable bonds is 13. The van der Waals surface area contributed by atoms with Crippen LogP contribution in [0, 0.1) is 11.8 Å². The number of carbonyl (C=O) groups is 4. The van der Waals surface area contributed by atoms with Crippen molar-refractivity contribution in [3.05, 3.63) is 0 Å². The maximum atomic E-state index is 12.7. The topological polar surface area (TPSA) is 191 Å². The molecule has 29 heavy (non-hydrogen) atoms. The Morgan fingerprint density at radius 1 is 0.793 bits per heavy atom. The minimum Gasteiger partial charge on any atom is -0.480 e. The van der Waals surface area contributed by atoms with E-state index in [-0.39, 0.29) is 11.8 Å². The molecule has 0 rings (SSSR count). The molecule has 0 saturated heterocycles. The first-order valence-electron chi connectivity index (χ1n) is 9.65. The van der Waals surface area contributed by atoms with Crippen molar-refractivity contribution in [1.29, 1.82) is 0 Å². The lowest BCUT2D eigenvalue weighted by Crippen LogP contribution is -2.60. The van der Waals surface area contributed by atoms with Crippen LogP contribution < -0.4 is 21.7 Å². The summed E-state index contributed by atoms with van der Waals surface area (Å²) in [6, 6.07) is -4.84. The standard InChI is InChI=1S/C18H34N4O7/c1-5-9(3)13(19)16(26)22-14(10(4)6-2)17(27)20-11(7-23)15(25)21-12(8-24)18(28)29/h9-14,23-24H,5-8,19H2,1-4H3,(H,20,27)(H,21,25)(H,22,26)(H,28,29). The van der Waals surface area contributed by atoms with Gasteiger partial charge in [0, 0.05) is 0 Å². The molecule has 0 aromatic carbocycles. The molecule has 0 heterocycles. The highest BCUT2D eigenvalue weighted by Crippen LogP contribution is 2.11. The highest BCUT2D eigenvalue weighted by molar-refractivity contribution is 5.94. The van der Waals surface area contributed by atoms with Gasteiger partial charge in [-0.15, -0.1) is 0 Å². The van der Waals surface area contributed by atoms with Gasteiger partial charge < -0.3 is 37.0 Å². The highest BCUT2D eigenvalue weighted by atomic mass is 16.4. The molecule has 0 aliphatic rings. The molecule has 0 aliphatic carbocycles. The minimum atomic E-state index is -1.58. The first-order valence-corrected chi connectivity index (χ1v) is 9.65. The second kappa shape index (κ2) is 13.1. The molecule has 6 unspecified atom stereocenters. The van der Waals surface area contributed by atoms with Gasteiger partial charge in [-0.2, -0.15) is 0 Å². The zero-order valence-corrected chi connectivity index (χ0v) is 17.3. The van der Waals surface area contributed by atoms with E-state index in [0.717, 1.165) is 0 Å². The van der Waals surface area contributed by atoms with Crippen LogP contribution in [0.1, 0.15) is 40.5 Å². The number of carboxylic acid groups (broad SMARTS) is 1. The fourth-order valence-electron chi connectivity index (χ4n) is 2.38. The third kappa shape index (κ3) is 8.34. The lowest BCUT2D eigenvalue weighted by atomic mass is 9.95. The number of aliphatic hydroxyl groups is 2. The Kier molecular flexibility index (Phi) is 12.1. The molecule has 11 heteroatoms. The number of nitrogens with two attached hydrogens (primary N) is 1. The molecule has 0 bridgehead atoms. The van der Waals surface area contributed by atoms with Crippen molar-refractivity contribution in [2.24, 2.45) is 17.6 Å². The molecule has 0 aliphatic heterocycles. The van der Waals surface area contributed by atoms with Gasteiger partial charge >= 0.3 is 5.97 Å². The van der Waals surface area contributed by atoms with E-state index in [1.807, 2.05) is 26.1 Å². The van der Waals surface area contributed by atoms with Gasteiger partial charge in [-0.05, 0) is 11.8 Å². The molecule has 0 aromatic heterocycles. The van der Waals surface area contributed by atoms with Gasteiger partial charge in [0.2, 0.25) is 17.7 Å². The number of hydrogen-bond donors (Lipinski definition) is 7. The molecule has 6 atom stereocenters. The number of carboxylic acids is 1. The Labute approximate surface area is 170 Å². The fraction of sp³-hybridized carbons (Fsp3) is 0.778. The van der Waals surface area contributed by atoms with E-state index in [4.69, 9.17) is 15.9 Å². The molecule has 3 amide bonds. The largest absolute Gasteiger partial charge is 0.480 e. The Bertz CT molecular complexity index is 572. The predicted octanol–water partition coefficient (Wildman–Crippen LogP) is -2.07. The molecule has 168 valence electrons. The minimum absolute atomic E-state index is 0.0990. The average Bonchev–Trinajstić information content (AvgIpc) is 2.71. The van der Waals surface area contributed by atoms with Crippen LogP contribution in [0.15, 0.2) is 0 Å². The Balaban J connectivity index is 5.26. The quantitative estimate of drug-likeness (QED) is 0.177. The zero-order valence-electron chi connectivity index (χ0n) is 17.3. The summed E-state index contributed by atoms with van der Waals surface area (Å²) in [6.07, 6.45) is 1.22. The molecule has 8 N–H and O–H groups in total. The number of hydrogen-bond acceptors (Lipinski definition) is 7. The van der Waals surface area contributed by atoms with Crippen LogP contribution in [0.4, 0.5) is 0 Å². The third-order valence-electron chi connectivity index (χ3n) is 4.97. The van der Waals surface area contributed by atoms with Crippen molar-refractivity contribution >= 4 is 23.7 Å². The first-order chi connectivity index (χ1) is 13.5. The summed E-state index contributed by atoms with van der Waals surface area (Å²) < 4.78 is 0. The van der Waals surface area contributed by atoms with Gasteiger partial charge in [0.15, 0.2) is 0 Å². The second-order valence-electron chi connectivity index (χ2n) is 7.11. The second-order valence-corrected chi connectivity index (χ2v) is 7.11. The van der Waals surface area contributed by atoms with E-state index >= 15 is 0 Å². The van der Waals surface area contributed by atoms with Gasteiger partial charge in [-0.3, -0.25) is 14.4 Å². The van der Waals surface area contributed by atoms with E-state index in [9.17, 15) is 24.3 Å². The van der Waals surface area contributed by atoms with Gasteiger partial charge in [0.25, 0.3) is 0 Å². The lowest BCUT2D eigenvalue weighted by molar-refractivity contribution is -0.143. The van der Waals surface area contributed by atoms with Crippen LogP contribution in [-0.4, -0.2) is 76.4 Å². The summed E-state index contributed by atoms with van der Waals surface area (Å²) in [4.78, 5) is 48.1. The van der Waals surface area contributed by atoms with Crippen LogP contribution in [0.25, 0.3) is 0 Å². The summed E-state index contributed by atoms with van der Waals surface area (Å²) in [6.45, 7) is 5.60. The normalized spacial score (nSPS) is 17.2. The molecule has 0 saturated carbocycles. The Morgan fingerprint density at radius 3 is 1.69 bits per heavy atom. The van der Waals surface area contributed by atoms with Crippen LogP contribution in [-0.2, 0) is 19.2 Å². The molecule has 0 aromatic rings. The molecule has 11 nitrogen and oxygen atoms in total. The third-order valence-corrected chi connectivity index (χ3v) is 4.97. The zero-order chi connectivity index (χ0) is 22.7. The van der Waals surface area contributed by atoms with Crippen LogP contribution in [0.3, 0.4) is 0 Å².